The van der Waals surface area contributed by atoms with E-state index in [1.165, 1.54) is 17.6 Å². The molecule has 0 amide bonds. The number of benzene rings is 1. The van der Waals surface area contributed by atoms with Crippen molar-refractivity contribution in [2.24, 2.45) is 10.2 Å². The molecule has 0 saturated heterocycles. The number of carboxylic acids is 1. The smallest absolute Gasteiger partial charge is 0.309 e. The predicted molar refractivity (Wildman–Crippen MR) is 91.9 cm³/mol. The van der Waals surface area contributed by atoms with Crippen LogP contribution in [0.5, 0.6) is 17.2 Å². The molecule has 0 aliphatic carbocycles. The highest BCUT2D eigenvalue weighted by Crippen LogP contribution is 2.34. The number of carboxylic acid groups (broad SMARTS) is 1. The number of hydrogen-bond acceptors (Lipinski definition) is 7. The second-order valence-electron chi connectivity index (χ2n) is 5.28. The Kier molecular flexibility index (Phi) is 4.70. The maximum Gasteiger partial charge on any atom is 0.309 e. The third kappa shape index (κ3) is 3.27. The molecule has 0 radical (unpaired) electrons. The lowest BCUT2D eigenvalue weighted by Crippen LogP contribution is -2.00. The summed E-state index contributed by atoms with van der Waals surface area (Å²) in [5.41, 5.74) is 0.833. The van der Waals surface area contributed by atoms with Gasteiger partial charge in [0.05, 0.1) is 26.3 Å². The maximum absolute atomic E-state index is 11.1. The Balaban J connectivity index is 2.09. The number of aromatic hydroxyl groups is 1. The zero-order valence-corrected chi connectivity index (χ0v) is 14.1. The first-order chi connectivity index (χ1) is 12.5. The van der Waals surface area contributed by atoms with E-state index in [0.29, 0.717) is 17.2 Å². The first-order valence-corrected chi connectivity index (χ1v) is 7.58. The van der Waals surface area contributed by atoms with Crippen molar-refractivity contribution in [2.75, 3.05) is 14.2 Å². The van der Waals surface area contributed by atoms with Gasteiger partial charge in [0.25, 0.3) is 0 Å². The molecule has 0 unspecified atom stereocenters. The Labute approximate surface area is 148 Å². The molecule has 0 saturated carbocycles. The summed E-state index contributed by atoms with van der Waals surface area (Å²) >= 11 is 0. The molecule has 0 spiro atoms. The van der Waals surface area contributed by atoms with E-state index in [9.17, 15) is 9.90 Å². The van der Waals surface area contributed by atoms with Gasteiger partial charge in [0, 0.05) is 12.3 Å². The normalized spacial score (nSPS) is 11.2. The van der Waals surface area contributed by atoms with Gasteiger partial charge in [-0.3, -0.25) is 9.20 Å². The van der Waals surface area contributed by atoms with E-state index < -0.39 is 5.97 Å². The van der Waals surface area contributed by atoms with Gasteiger partial charge in [0.15, 0.2) is 17.2 Å². The molecular weight excluding hydrogens is 340 g/mol. The van der Waals surface area contributed by atoms with Crippen LogP contribution in [0, 0.1) is 0 Å². The van der Waals surface area contributed by atoms with Crippen LogP contribution >= 0.6 is 0 Å². The molecule has 26 heavy (non-hydrogen) atoms. The maximum atomic E-state index is 11.1. The molecule has 0 aliphatic heterocycles. The number of hydrogen-bond donors (Lipinski definition) is 2. The van der Waals surface area contributed by atoms with Crippen molar-refractivity contribution < 1.29 is 24.5 Å². The average molecular weight is 356 g/mol. The van der Waals surface area contributed by atoms with Crippen LogP contribution < -0.4 is 9.47 Å². The SMILES string of the molecule is COc1ccc(N=Nc2c(CC(=O)O)nc3c(O)cccn23)c(OC)c1. The van der Waals surface area contributed by atoms with Crippen LogP contribution in [0.15, 0.2) is 46.8 Å². The molecule has 3 aromatic rings. The van der Waals surface area contributed by atoms with E-state index in [-0.39, 0.29) is 29.3 Å². The monoisotopic (exact) mass is 356 g/mol. The molecular formula is C17H16N4O5. The summed E-state index contributed by atoms with van der Waals surface area (Å²) in [7, 11) is 3.04. The number of fused-ring (bicyclic) bond motifs is 1. The third-order valence-corrected chi connectivity index (χ3v) is 3.63. The topological polar surface area (TPSA) is 118 Å². The Morgan fingerprint density at radius 1 is 1.23 bits per heavy atom. The fourth-order valence-corrected chi connectivity index (χ4v) is 2.42. The summed E-state index contributed by atoms with van der Waals surface area (Å²) in [5, 5.41) is 27.3. The summed E-state index contributed by atoms with van der Waals surface area (Å²) in [4.78, 5) is 15.3. The number of ether oxygens (including phenoxy) is 2. The molecule has 2 heterocycles. The summed E-state index contributed by atoms with van der Waals surface area (Å²) in [5.74, 6) is 0.127. The Bertz CT molecular complexity index is 996. The van der Waals surface area contributed by atoms with E-state index in [0.717, 1.165) is 0 Å². The van der Waals surface area contributed by atoms with Gasteiger partial charge >= 0.3 is 5.97 Å². The number of aromatic nitrogens is 2. The minimum Gasteiger partial charge on any atom is -0.504 e. The van der Waals surface area contributed by atoms with Gasteiger partial charge in [-0.2, -0.15) is 0 Å². The summed E-state index contributed by atoms with van der Waals surface area (Å²) < 4.78 is 11.9. The van der Waals surface area contributed by atoms with E-state index in [2.05, 4.69) is 15.2 Å². The third-order valence-electron chi connectivity index (χ3n) is 3.63. The number of aliphatic carboxylic acids is 1. The van der Waals surface area contributed by atoms with Crippen LogP contribution in [0.1, 0.15) is 5.69 Å². The molecule has 9 nitrogen and oxygen atoms in total. The number of methoxy groups -OCH3 is 2. The van der Waals surface area contributed by atoms with Gasteiger partial charge in [-0.05, 0) is 24.3 Å². The van der Waals surface area contributed by atoms with Gasteiger partial charge in [-0.25, -0.2) is 4.98 Å². The van der Waals surface area contributed by atoms with E-state index >= 15 is 0 Å². The highest BCUT2D eigenvalue weighted by Gasteiger charge is 2.17. The largest absolute Gasteiger partial charge is 0.504 e. The summed E-state index contributed by atoms with van der Waals surface area (Å²) in [6, 6.07) is 8.09. The molecule has 0 bridgehead atoms. The summed E-state index contributed by atoms with van der Waals surface area (Å²) in [6.45, 7) is 0. The van der Waals surface area contributed by atoms with Crippen molar-refractivity contribution in [3.8, 4) is 17.2 Å². The molecule has 9 heteroatoms. The number of carbonyl (C=O) groups is 1. The van der Waals surface area contributed by atoms with Gasteiger partial charge < -0.3 is 19.7 Å². The van der Waals surface area contributed by atoms with Crippen molar-refractivity contribution in [1.82, 2.24) is 9.38 Å². The molecule has 134 valence electrons. The molecule has 2 aromatic heterocycles. The molecule has 0 aliphatic rings. The van der Waals surface area contributed by atoms with Gasteiger partial charge in [-0.15, -0.1) is 10.2 Å². The highest BCUT2D eigenvalue weighted by atomic mass is 16.5. The van der Waals surface area contributed by atoms with Gasteiger partial charge in [-0.1, -0.05) is 0 Å². The van der Waals surface area contributed by atoms with Gasteiger partial charge in [0.1, 0.15) is 17.2 Å². The number of azo groups is 1. The number of imidazole rings is 1. The van der Waals surface area contributed by atoms with Crippen molar-refractivity contribution >= 4 is 23.1 Å². The fourth-order valence-electron chi connectivity index (χ4n) is 2.42. The van der Waals surface area contributed by atoms with Gasteiger partial charge in [0.2, 0.25) is 0 Å². The Morgan fingerprint density at radius 3 is 2.73 bits per heavy atom. The second-order valence-corrected chi connectivity index (χ2v) is 5.28. The molecule has 0 atom stereocenters. The first-order valence-electron chi connectivity index (χ1n) is 7.58. The van der Waals surface area contributed by atoms with E-state index in [4.69, 9.17) is 14.6 Å². The van der Waals surface area contributed by atoms with Crippen molar-refractivity contribution in [1.29, 1.82) is 0 Å². The lowest BCUT2D eigenvalue weighted by molar-refractivity contribution is -0.136. The van der Waals surface area contributed by atoms with Crippen LogP contribution in [0.3, 0.4) is 0 Å². The number of nitrogens with zero attached hydrogens (tertiary/aromatic N) is 4. The lowest BCUT2D eigenvalue weighted by Gasteiger charge is -2.06. The lowest BCUT2D eigenvalue weighted by atomic mass is 10.3. The fraction of sp³-hybridized carbons (Fsp3) is 0.176. The highest BCUT2D eigenvalue weighted by molar-refractivity contribution is 5.73. The van der Waals surface area contributed by atoms with Crippen LogP contribution in [0.4, 0.5) is 11.5 Å². The molecule has 1 aromatic carbocycles. The van der Waals surface area contributed by atoms with Crippen LogP contribution in [-0.2, 0) is 11.2 Å². The standard InChI is InChI=1S/C17H16N4O5/c1-25-10-5-6-11(14(8-10)26-2)19-20-16-12(9-15(23)24)18-17-13(22)4-3-7-21(16)17/h3-8,22H,9H2,1-2H3,(H,23,24). The van der Waals surface area contributed by atoms with Crippen molar-refractivity contribution in [3.05, 3.63) is 42.2 Å². The van der Waals surface area contributed by atoms with Crippen LogP contribution in [0.2, 0.25) is 0 Å². The quantitative estimate of drug-likeness (QED) is 0.655. The zero-order chi connectivity index (χ0) is 18.7. The number of rotatable bonds is 6. The van der Waals surface area contributed by atoms with Crippen LogP contribution in [0.25, 0.3) is 5.65 Å². The van der Waals surface area contributed by atoms with E-state index in [1.807, 2.05) is 0 Å². The predicted octanol–water partition coefficient (Wildman–Crippen LogP) is 3.10. The minimum absolute atomic E-state index is 0.0809. The molecule has 0 fully saturated rings. The Hall–Kier alpha value is -3.62. The summed E-state index contributed by atoms with van der Waals surface area (Å²) in [6.07, 6.45) is 1.27. The minimum atomic E-state index is -1.06. The molecule has 2 N–H and O–H groups in total. The molecule has 3 rings (SSSR count). The van der Waals surface area contributed by atoms with Crippen molar-refractivity contribution in [3.63, 3.8) is 0 Å². The zero-order valence-electron chi connectivity index (χ0n) is 14.1. The Morgan fingerprint density at radius 2 is 2.04 bits per heavy atom. The van der Waals surface area contributed by atoms with E-state index in [1.54, 1.807) is 37.6 Å². The van der Waals surface area contributed by atoms with Crippen LogP contribution in [-0.4, -0.2) is 39.8 Å². The average Bonchev–Trinajstić information content (AvgIpc) is 2.97. The van der Waals surface area contributed by atoms with Crippen molar-refractivity contribution in [2.45, 2.75) is 6.42 Å². The second kappa shape index (κ2) is 7.09. The first kappa shape index (κ1) is 17.2. The number of pyridine rings is 1.